The molecule has 1 aromatic rings. The highest BCUT2D eigenvalue weighted by molar-refractivity contribution is 7.13. The lowest BCUT2D eigenvalue weighted by Gasteiger charge is -2.33. The maximum absolute atomic E-state index is 4.75. The van der Waals surface area contributed by atoms with Crippen LogP contribution in [-0.4, -0.2) is 49.2 Å². The molecule has 1 aromatic heterocycles. The molecule has 1 fully saturated rings. The van der Waals surface area contributed by atoms with Gasteiger partial charge in [-0.3, -0.25) is 0 Å². The third-order valence-electron chi connectivity index (χ3n) is 3.64. The fourth-order valence-electron chi connectivity index (χ4n) is 2.30. The number of likely N-dealkylation sites (N-methyl/N-ethyl adjacent to an activating group) is 1. The Bertz CT molecular complexity index is 358. The summed E-state index contributed by atoms with van der Waals surface area (Å²) in [5.41, 5.74) is 1.19. The van der Waals surface area contributed by atoms with Gasteiger partial charge in [0.1, 0.15) is 0 Å². The molecule has 19 heavy (non-hydrogen) atoms. The van der Waals surface area contributed by atoms with Gasteiger partial charge in [-0.25, -0.2) is 4.98 Å². The summed E-state index contributed by atoms with van der Waals surface area (Å²) in [7, 11) is 0. The lowest BCUT2D eigenvalue weighted by atomic mass is 10.3. The first-order chi connectivity index (χ1) is 9.33. The average molecular weight is 282 g/mol. The first-order valence-corrected chi connectivity index (χ1v) is 8.33. The van der Waals surface area contributed by atoms with Crippen molar-refractivity contribution in [2.45, 2.75) is 33.2 Å². The second-order valence-electron chi connectivity index (χ2n) is 5.07. The average Bonchev–Trinajstić information content (AvgIpc) is 2.92. The van der Waals surface area contributed by atoms with E-state index in [1.165, 1.54) is 36.8 Å². The van der Waals surface area contributed by atoms with Crippen LogP contribution in [0, 0.1) is 0 Å². The molecule has 0 unspecified atom stereocenters. The van der Waals surface area contributed by atoms with Crippen molar-refractivity contribution in [3.05, 3.63) is 11.1 Å². The second kappa shape index (κ2) is 7.82. The van der Waals surface area contributed by atoms with Gasteiger partial charge in [-0.15, -0.1) is 11.3 Å². The van der Waals surface area contributed by atoms with E-state index >= 15 is 0 Å². The van der Waals surface area contributed by atoms with Gasteiger partial charge < -0.3 is 15.1 Å². The predicted octanol–water partition coefficient (Wildman–Crippen LogP) is 2.17. The summed E-state index contributed by atoms with van der Waals surface area (Å²) in [4.78, 5) is 9.67. The molecule has 0 spiro atoms. The fraction of sp³-hybridized carbons (Fsp3) is 0.786. The van der Waals surface area contributed by atoms with Crippen molar-refractivity contribution >= 4 is 16.5 Å². The van der Waals surface area contributed by atoms with Crippen molar-refractivity contribution in [3.63, 3.8) is 0 Å². The molecule has 2 heterocycles. The molecule has 0 atom stereocenters. The van der Waals surface area contributed by atoms with E-state index in [-0.39, 0.29) is 0 Å². The third kappa shape index (κ3) is 4.44. The first kappa shape index (κ1) is 14.8. The minimum atomic E-state index is 0.908. The molecule has 0 amide bonds. The number of aromatic nitrogens is 1. The third-order valence-corrected chi connectivity index (χ3v) is 4.59. The van der Waals surface area contributed by atoms with E-state index in [1.807, 2.05) is 0 Å². The van der Waals surface area contributed by atoms with Crippen LogP contribution >= 0.6 is 11.3 Å². The Morgan fingerprint density at radius 3 is 2.74 bits per heavy atom. The number of piperazine rings is 1. The number of anilines is 1. The van der Waals surface area contributed by atoms with Gasteiger partial charge in [0.05, 0.1) is 5.69 Å². The normalized spacial score (nSPS) is 17.1. The SMILES string of the molecule is CCCCNCc1csc(N2CCN(CC)CC2)n1. The molecule has 108 valence electrons. The molecule has 1 aliphatic heterocycles. The van der Waals surface area contributed by atoms with Crippen LogP contribution in [0.5, 0.6) is 0 Å². The highest BCUT2D eigenvalue weighted by Gasteiger charge is 2.18. The molecule has 5 heteroatoms. The molecule has 2 rings (SSSR count). The molecular formula is C14H26N4S. The van der Waals surface area contributed by atoms with Gasteiger partial charge in [-0.2, -0.15) is 0 Å². The number of rotatable bonds is 7. The van der Waals surface area contributed by atoms with Gasteiger partial charge in [0, 0.05) is 38.1 Å². The van der Waals surface area contributed by atoms with Crippen molar-refractivity contribution in [1.82, 2.24) is 15.2 Å². The first-order valence-electron chi connectivity index (χ1n) is 7.46. The number of hydrogen-bond acceptors (Lipinski definition) is 5. The molecule has 0 saturated carbocycles. The Morgan fingerprint density at radius 1 is 1.26 bits per heavy atom. The quantitative estimate of drug-likeness (QED) is 0.777. The van der Waals surface area contributed by atoms with Crippen LogP contribution < -0.4 is 10.2 Å². The number of nitrogens with zero attached hydrogens (tertiary/aromatic N) is 3. The maximum atomic E-state index is 4.75. The summed E-state index contributed by atoms with van der Waals surface area (Å²) in [5.74, 6) is 0. The summed E-state index contributed by atoms with van der Waals surface area (Å²) in [6, 6.07) is 0. The molecule has 1 aliphatic rings. The van der Waals surface area contributed by atoms with Crippen molar-refractivity contribution in [2.75, 3.05) is 44.2 Å². The Hall–Kier alpha value is -0.650. The molecule has 1 N–H and O–H groups in total. The topological polar surface area (TPSA) is 31.4 Å². The minimum absolute atomic E-state index is 0.908. The molecule has 0 radical (unpaired) electrons. The largest absolute Gasteiger partial charge is 0.346 e. The molecule has 0 aliphatic carbocycles. The van der Waals surface area contributed by atoms with E-state index in [0.29, 0.717) is 0 Å². The standard InChI is InChI=1S/C14H26N4S/c1-3-5-6-15-11-13-12-19-14(16-13)18-9-7-17(4-2)8-10-18/h12,15H,3-11H2,1-2H3. The summed E-state index contributed by atoms with van der Waals surface area (Å²) in [6.45, 7) is 12.2. The summed E-state index contributed by atoms with van der Waals surface area (Å²) in [5, 5.41) is 6.84. The van der Waals surface area contributed by atoms with Crippen LogP contribution in [0.15, 0.2) is 5.38 Å². The van der Waals surface area contributed by atoms with E-state index in [0.717, 1.165) is 32.7 Å². The van der Waals surface area contributed by atoms with Crippen molar-refractivity contribution < 1.29 is 0 Å². The molecule has 0 bridgehead atoms. The zero-order valence-electron chi connectivity index (χ0n) is 12.2. The fourth-order valence-corrected chi connectivity index (χ4v) is 3.18. The molecule has 4 nitrogen and oxygen atoms in total. The smallest absolute Gasteiger partial charge is 0.185 e. The van der Waals surface area contributed by atoms with Crippen molar-refractivity contribution in [3.8, 4) is 0 Å². The Kier molecular flexibility index (Phi) is 6.07. The number of thiazole rings is 1. The van der Waals surface area contributed by atoms with Crippen molar-refractivity contribution in [2.24, 2.45) is 0 Å². The zero-order chi connectivity index (χ0) is 13.5. The highest BCUT2D eigenvalue weighted by atomic mass is 32.1. The van der Waals surface area contributed by atoms with E-state index in [9.17, 15) is 0 Å². The van der Waals surface area contributed by atoms with Crippen LogP contribution in [0.4, 0.5) is 5.13 Å². The Balaban J connectivity index is 1.77. The monoisotopic (exact) mass is 282 g/mol. The van der Waals surface area contributed by atoms with Gasteiger partial charge in [0.15, 0.2) is 5.13 Å². The van der Waals surface area contributed by atoms with E-state index in [4.69, 9.17) is 4.98 Å². The maximum Gasteiger partial charge on any atom is 0.185 e. The van der Waals surface area contributed by atoms with Crippen LogP contribution in [0.3, 0.4) is 0 Å². The van der Waals surface area contributed by atoms with Crippen molar-refractivity contribution in [1.29, 1.82) is 0 Å². The Morgan fingerprint density at radius 2 is 2.05 bits per heavy atom. The zero-order valence-corrected chi connectivity index (χ0v) is 13.0. The van der Waals surface area contributed by atoms with Crippen LogP contribution in [0.2, 0.25) is 0 Å². The second-order valence-corrected chi connectivity index (χ2v) is 5.91. The number of nitrogens with one attached hydrogen (secondary N) is 1. The van der Waals surface area contributed by atoms with Gasteiger partial charge >= 0.3 is 0 Å². The van der Waals surface area contributed by atoms with Gasteiger partial charge in [-0.1, -0.05) is 20.3 Å². The Labute approximate surface area is 120 Å². The van der Waals surface area contributed by atoms with E-state index in [1.54, 1.807) is 11.3 Å². The van der Waals surface area contributed by atoms with Crippen LogP contribution in [0.25, 0.3) is 0 Å². The summed E-state index contributed by atoms with van der Waals surface area (Å²) in [6.07, 6.45) is 2.49. The molecule has 0 aromatic carbocycles. The van der Waals surface area contributed by atoms with Gasteiger partial charge in [0.25, 0.3) is 0 Å². The number of hydrogen-bond donors (Lipinski definition) is 1. The lowest BCUT2D eigenvalue weighted by Crippen LogP contribution is -2.46. The van der Waals surface area contributed by atoms with Gasteiger partial charge in [0.2, 0.25) is 0 Å². The summed E-state index contributed by atoms with van der Waals surface area (Å²) >= 11 is 1.78. The lowest BCUT2D eigenvalue weighted by molar-refractivity contribution is 0.271. The highest BCUT2D eigenvalue weighted by Crippen LogP contribution is 2.21. The predicted molar refractivity (Wildman–Crippen MR) is 83.1 cm³/mol. The van der Waals surface area contributed by atoms with E-state index in [2.05, 4.69) is 34.3 Å². The van der Waals surface area contributed by atoms with E-state index < -0.39 is 0 Å². The summed E-state index contributed by atoms with van der Waals surface area (Å²) < 4.78 is 0. The molecule has 1 saturated heterocycles. The van der Waals surface area contributed by atoms with Crippen LogP contribution in [-0.2, 0) is 6.54 Å². The minimum Gasteiger partial charge on any atom is -0.346 e. The number of unbranched alkanes of at least 4 members (excludes halogenated alkanes) is 1. The molecular weight excluding hydrogens is 256 g/mol. The van der Waals surface area contributed by atoms with Gasteiger partial charge in [-0.05, 0) is 19.5 Å². The van der Waals surface area contributed by atoms with Crippen LogP contribution in [0.1, 0.15) is 32.4 Å².